The molecule has 1 amide bonds. The smallest absolute Gasteiger partial charge is 0.348 e. The van der Waals surface area contributed by atoms with Gasteiger partial charge < -0.3 is 10.1 Å². The minimum Gasteiger partial charge on any atom is -0.462 e. The molecule has 0 aliphatic heterocycles. The van der Waals surface area contributed by atoms with Gasteiger partial charge in [-0.05, 0) is 38.3 Å². The molecule has 1 atom stereocenters. The first kappa shape index (κ1) is 17.7. The summed E-state index contributed by atoms with van der Waals surface area (Å²) in [5.41, 5.74) is 0.843. The van der Waals surface area contributed by atoms with Crippen molar-refractivity contribution >= 4 is 28.2 Å². The van der Waals surface area contributed by atoms with Gasteiger partial charge in [0.05, 0.1) is 11.6 Å². The van der Waals surface area contributed by atoms with Crippen LogP contribution in [0.15, 0.2) is 6.07 Å². The number of anilines is 1. The fraction of sp³-hybridized carbons (Fsp3) is 0.625. The summed E-state index contributed by atoms with van der Waals surface area (Å²) in [6.07, 6.45) is 3.90. The van der Waals surface area contributed by atoms with Gasteiger partial charge in [-0.1, -0.05) is 26.7 Å². The molecule has 1 aromatic heterocycles. The van der Waals surface area contributed by atoms with Crippen LogP contribution in [0.2, 0.25) is 0 Å². The predicted molar refractivity (Wildman–Crippen MR) is 86.9 cm³/mol. The monoisotopic (exact) mass is 311 g/mol. The Bertz CT molecular complexity index is 482. The molecule has 0 aliphatic carbocycles. The number of amides is 1. The van der Waals surface area contributed by atoms with Crippen LogP contribution in [0.1, 0.15) is 61.7 Å². The third kappa shape index (κ3) is 5.16. The van der Waals surface area contributed by atoms with Crippen molar-refractivity contribution in [2.24, 2.45) is 5.92 Å². The van der Waals surface area contributed by atoms with Crippen molar-refractivity contribution in [3.05, 3.63) is 16.5 Å². The number of nitrogens with one attached hydrogen (secondary N) is 1. The van der Waals surface area contributed by atoms with Crippen molar-refractivity contribution < 1.29 is 14.3 Å². The van der Waals surface area contributed by atoms with E-state index in [1.807, 2.05) is 19.9 Å². The van der Waals surface area contributed by atoms with Gasteiger partial charge in [-0.15, -0.1) is 11.3 Å². The summed E-state index contributed by atoms with van der Waals surface area (Å²) in [5, 5.41) is 3.65. The molecule has 21 heavy (non-hydrogen) atoms. The van der Waals surface area contributed by atoms with Gasteiger partial charge in [-0.3, -0.25) is 4.79 Å². The molecule has 0 fully saturated rings. The van der Waals surface area contributed by atoms with Gasteiger partial charge in [0.25, 0.3) is 0 Å². The number of carbonyl (C=O) groups excluding carboxylic acids is 2. The molecule has 0 aromatic carbocycles. The maximum atomic E-state index is 12.2. The van der Waals surface area contributed by atoms with Crippen LogP contribution in [0, 0.1) is 12.8 Å². The first-order chi connectivity index (χ1) is 10.0. The predicted octanol–water partition coefficient (Wildman–Crippen LogP) is 4.39. The van der Waals surface area contributed by atoms with Crippen LogP contribution in [-0.2, 0) is 9.53 Å². The van der Waals surface area contributed by atoms with Crippen molar-refractivity contribution in [2.45, 2.75) is 53.4 Å². The van der Waals surface area contributed by atoms with E-state index in [2.05, 4.69) is 12.2 Å². The lowest BCUT2D eigenvalue weighted by Gasteiger charge is -2.13. The zero-order valence-corrected chi connectivity index (χ0v) is 14.1. The Morgan fingerprint density at radius 1 is 1.33 bits per heavy atom. The van der Waals surface area contributed by atoms with Gasteiger partial charge in [-0.25, -0.2) is 4.79 Å². The summed E-state index contributed by atoms with van der Waals surface area (Å²) in [6.45, 7) is 8.14. The Balaban J connectivity index is 2.72. The van der Waals surface area contributed by atoms with Crippen LogP contribution < -0.4 is 5.32 Å². The van der Waals surface area contributed by atoms with Crippen molar-refractivity contribution in [1.29, 1.82) is 0 Å². The minimum atomic E-state index is -0.321. The van der Waals surface area contributed by atoms with Crippen LogP contribution in [0.3, 0.4) is 0 Å². The zero-order chi connectivity index (χ0) is 15.8. The molecule has 1 rings (SSSR count). The molecule has 0 aliphatic rings. The molecule has 1 aromatic rings. The van der Waals surface area contributed by atoms with E-state index in [1.54, 1.807) is 6.92 Å². The third-order valence-electron chi connectivity index (χ3n) is 3.39. The highest BCUT2D eigenvalue weighted by molar-refractivity contribution is 7.18. The molecule has 5 heteroatoms. The van der Waals surface area contributed by atoms with Crippen LogP contribution in [0.25, 0.3) is 0 Å². The van der Waals surface area contributed by atoms with Gasteiger partial charge >= 0.3 is 5.97 Å². The fourth-order valence-electron chi connectivity index (χ4n) is 2.14. The fourth-order valence-corrected chi connectivity index (χ4v) is 3.11. The first-order valence-corrected chi connectivity index (χ1v) is 8.43. The summed E-state index contributed by atoms with van der Waals surface area (Å²) in [6, 6.07) is 1.83. The number of carbonyl (C=O) groups is 2. The second-order valence-corrected chi connectivity index (χ2v) is 6.13. The third-order valence-corrected chi connectivity index (χ3v) is 4.53. The minimum absolute atomic E-state index is 0.0402. The van der Waals surface area contributed by atoms with Gasteiger partial charge in [0, 0.05) is 5.92 Å². The van der Waals surface area contributed by atoms with Crippen molar-refractivity contribution in [2.75, 3.05) is 11.9 Å². The molecular weight excluding hydrogens is 286 g/mol. The number of hydrogen-bond acceptors (Lipinski definition) is 4. The number of hydrogen-bond donors (Lipinski definition) is 1. The van der Waals surface area contributed by atoms with E-state index in [0.29, 0.717) is 11.5 Å². The normalized spacial score (nSPS) is 12.0. The van der Waals surface area contributed by atoms with Gasteiger partial charge in [-0.2, -0.15) is 0 Å². The topological polar surface area (TPSA) is 55.4 Å². The van der Waals surface area contributed by atoms with E-state index < -0.39 is 0 Å². The Kier molecular flexibility index (Phi) is 7.43. The van der Waals surface area contributed by atoms with E-state index in [9.17, 15) is 9.59 Å². The van der Waals surface area contributed by atoms with E-state index in [1.165, 1.54) is 11.3 Å². The molecule has 0 saturated heterocycles. The highest BCUT2D eigenvalue weighted by atomic mass is 32.1. The SMILES string of the molecule is CCCCC(CC)C(=O)Nc1cc(C)c(C(=O)OCC)s1. The van der Waals surface area contributed by atoms with Crippen LogP contribution in [0.5, 0.6) is 0 Å². The van der Waals surface area contributed by atoms with Gasteiger partial charge in [0.2, 0.25) is 5.91 Å². The lowest BCUT2D eigenvalue weighted by atomic mass is 9.98. The second-order valence-electron chi connectivity index (χ2n) is 5.08. The molecule has 118 valence electrons. The molecular formula is C16H25NO3S. The summed E-state index contributed by atoms with van der Waals surface area (Å²) < 4.78 is 5.01. The summed E-state index contributed by atoms with van der Waals surface area (Å²) in [4.78, 5) is 24.6. The molecule has 0 saturated carbocycles. The largest absolute Gasteiger partial charge is 0.462 e. The second kappa shape index (κ2) is 8.82. The number of thiophene rings is 1. The zero-order valence-electron chi connectivity index (χ0n) is 13.3. The van der Waals surface area contributed by atoms with Crippen molar-refractivity contribution in [3.8, 4) is 0 Å². The maximum Gasteiger partial charge on any atom is 0.348 e. The van der Waals surface area contributed by atoms with Crippen LogP contribution >= 0.6 is 11.3 Å². The molecule has 0 radical (unpaired) electrons. The average Bonchev–Trinajstić information content (AvgIpc) is 2.80. The van der Waals surface area contributed by atoms with E-state index >= 15 is 0 Å². The lowest BCUT2D eigenvalue weighted by Crippen LogP contribution is -2.21. The van der Waals surface area contributed by atoms with Crippen molar-refractivity contribution in [3.63, 3.8) is 0 Å². The first-order valence-electron chi connectivity index (χ1n) is 7.61. The van der Waals surface area contributed by atoms with Gasteiger partial charge in [0.15, 0.2) is 0 Å². The Labute approximate surface area is 130 Å². The number of esters is 1. The highest BCUT2D eigenvalue weighted by Gasteiger charge is 2.19. The Hall–Kier alpha value is -1.36. The molecule has 1 N–H and O–H groups in total. The average molecular weight is 311 g/mol. The Morgan fingerprint density at radius 2 is 2.05 bits per heavy atom. The summed E-state index contributed by atoms with van der Waals surface area (Å²) in [7, 11) is 0. The molecule has 4 nitrogen and oxygen atoms in total. The quantitative estimate of drug-likeness (QED) is 0.724. The Morgan fingerprint density at radius 3 is 2.62 bits per heavy atom. The summed E-state index contributed by atoms with van der Waals surface area (Å²) >= 11 is 1.28. The number of aryl methyl sites for hydroxylation is 1. The lowest BCUT2D eigenvalue weighted by molar-refractivity contribution is -0.120. The van der Waals surface area contributed by atoms with Crippen LogP contribution in [-0.4, -0.2) is 18.5 Å². The number of ether oxygens (including phenoxy) is 1. The van der Waals surface area contributed by atoms with E-state index in [-0.39, 0.29) is 17.8 Å². The standard InChI is InChI=1S/C16H25NO3S/c1-5-8-9-12(6-2)15(18)17-13-10-11(4)14(21-13)16(19)20-7-3/h10,12H,5-9H2,1-4H3,(H,17,18). The number of unbranched alkanes of at least 4 members (excludes halogenated alkanes) is 1. The number of rotatable bonds is 8. The van der Waals surface area contributed by atoms with Crippen LogP contribution in [0.4, 0.5) is 5.00 Å². The van der Waals surface area contributed by atoms with E-state index in [4.69, 9.17) is 4.74 Å². The van der Waals surface area contributed by atoms with Crippen molar-refractivity contribution in [1.82, 2.24) is 0 Å². The maximum absolute atomic E-state index is 12.2. The highest BCUT2D eigenvalue weighted by Crippen LogP contribution is 2.28. The molecule has 0 bridgehead atoms. The molecule has 0 spiro atoms. The molecule has 1 heterocycles. The summed E-state index contributed by atoms with van der Waals surface area (Å²) in [5.74, 6) is -0.237. The van der Waals surface area contributed by atoms with E-state index in [0.717, 1.165) is 36.2 Å². The van der Waals surface area contributed by atoms with Gasteiger partial charge in [0.1, 0.15) is 4.88 Å². The molecule has 1 unspecified atom stereocenters.